The molecular formula is C11H18ClIN2OS. The maximum Gasteiger partial charge on any atom is 0.252 e. The lowest BCUT2D eigenvalue weighted by Gasteiger charge is -2.31. The average Bonchev–Trinajstić information content (AvgIpc) is 2.73. The predicted molar refractivity (Wildman–Crippen MR) is 84.1 cm³/mol. The number of thiophene rings is 1. The maximum atomic E-state index is 12.0. The first-order chi connectivity index (χ1) is 7.56. The largest absolute Gasteiger partial charge is 0.345 e. The summed E-state index contributed by atoms with van der Waals surface area (Å²) in [4.78, 5) is 12.0. The summed E-state index contributed by atoms with van der Waals surface area (Å²) in [7, 11) is 0. The molecule has 1 aromatic heterocycles. The topological polar surface area (TPSA) is 55.1 Å². The highest BCUT2D eigenvalue weighted by atomic mass is 127. The summed E-state index contributed by atoms with van der Waals surface area (Å²) in [6.45, 7) is 4.58. The van der Waals surface area contributed by atoms with Crippen molar-refractivity contribution in [1.82, 2.24) is 5.32 Å². The number of hydrogen-bond acceptors (Lipinski definition) is 3. The van der Waals surface area contributed by atoms with Crippen LogP contribution < -0.4 is 11.1 Å². The minimum absolute atomic E-state index is 0. The van der Waals surface area contributed by atoms with Crippen molar-refractivity contribution >= 4 is 52.2 Å². The summed E-state index contributed by atoms with van der Waals surface area (Å²) < 4.78 is 1.12. The SMILES string of the molecule is CCC(CC)(CN)NC(=O)c1csc(I)c1.Cl. The van der Waals surface area contributed by atoms with Gasteiger partial charge in [0, 0.05) is 11.9 Å². The van der Waals surface area contributed by atoms with Crippen LogP contribution >= 0.6 is 46.3 Å². The second-order valence-electron chi connectivity index (χ2n) is 3.79. The standard InChI is InChI=1S/C11H17IN2OS.ClH/c1-3-11(4-2,7-13)14-10(15)8-5-9(12)16-6-8;/h5-6H,3-4,7,13H2,1-2H3,(H,14,15);1H. The van der Waals surface area contributed by atoms with Crippen LogP contribution in [0.1, 0.15) is 37.0 Å². The third kappa shape index (κ3) is 4.39. The molecule has 0 fully saturated rings. The highest BCUT2D eigenvalue weighted by Crippen LogP contribution is 2.19. The minimum Gasteiger partial charge on any atom is -0.345 e. The molecular weight excluding hydrogens is 371 g/mol. The summed E-state index contributed by atoms with van der Waals surface area (Å²) >= 11 is 3.79. The van der Waals surface area contributed by atoms with E-state index in [0.717, 1.165) is 21.3 Å². The van der Waals surface area contributed by atoms with E-state index in [-0.39, 0.29) is 23.9 Å². The van der Waals surface area contributed by atoms with Gasteiger partial charge in [0.15, 0.2) is 0 Å². The van der Waals surface area contributed by atoms with Crippen LogP contribution in [0, 0.1) is 2.88 Å². The van der Waals surface area contributed by atoms with Crippen molar-refractivity contribution in [3.05, 3.63) is 19.9 Å². The van der Waals surface area contributed by atoms with Crippen LogP contribution in [-0.2, 0) is 0 Å². The molecule has 0 radical (unpaired) electrons. The van der Waals surface area contributed by atoms with Crippen molar-refractivity contribution in [3.8, 4) is 0 Å². The number of halogens is 2. The molecule has 0 unspecified atom stereocenters. The Labute approximate surface area is 126 Å². The van der Waals surface area contributed by atoms with E-state index in [4.69, 9.17) is 5.73 Å². The van der Waals surface area contributed by atoms with Gasteiger partial charge < -0.3 is 11.1 Å². The van der Waals surface area contributed by atoms with Crippen molar-refractivity contribution in [1.29, 1.82) is 0 Å². The lowest BCUT2D eigenvalue weighted by atomic mass is 9.92. The molecule has 98 valence electrons. The normalized spacial score (nSPS) is 10.8. The zero-order valence-electron chi connectivity index (χ0n) is 9.96. The monoisotopic (exact) mass is 388 g/mol. The molecule has 0 spiro atoms. The lowest BCUT2D eigenvalue weighted by Crippen LogP contribution is -2.52. The van der Waals surface area contributed by atoms with Gasteiger partial charge in [0.2, 0.25) is 0 Å². The summed E-state index contributed by atoms with van der Waals surface area (Å²) in [5.74, 6) is -0.0201. The molecule has 3 N–H and O–H groups in total. The molecule has 0 aliphatic rings. The molecule has 0 aromatic carbocycles. The van der Waals surface area contributed by atoms with Crippen LogP contribution in [0.4, 0.5) is 0 Å². The lowest BCUT2D eigenvalue weighted by molar-refractivity contribution is 0.0895. The highest BCUT2D eigenvalue weighted by Gasteiger charge is 2.26. The Morgan fingerprint density at radius 2 is 2.12 bits per heavy atom. The summed E-state index contributed by atoms with van der Waals surface area (Å²) in [6.07, 6.45) is 1.71. The van der Waals surface area contributed by atoms with Crippen molar-refractivity contribution in [2.75, 3.05) is 6.54 Å². The van der Waals surface area contributed by atoms with E-state index in [1.165, 1.54) is 0 Å². The van der Waals surface area contributed by atoms with Crippen LogP contribution in [-0.4, -0.2) is 18.0 Å². The zero-order valence-corrected chi connectivity index (χ0v) is 13.7. The highest BCUT2D eigenvalue weighted by molar-refractivity contribution is 14.1. The Hall–Kier alpha value is 0.150. The third-order valence-electron chi connectivity index (χ3n) is 2.95. The quantitative estimate of drug-likeness (QED) is 0.762. The van der Waals surface area contributed by atoms with E-state index in [1.54, 1.807) is 11.3 Å². The van der Waals surface area contributed by atoms with Gasteiger partial charge in [-0.1, -0.05) is 13.8 Å². The van der Waals surface area contributed by atoms with E-state index in [1.807, 2.05) is 25.3 Å². The first kappa shape index (κ1) is 17.2. The maximum absolute atomic E-state index is 12.0. The fraction of sp³-hybridized carbons (Fsp3) is 0.545. The van der Waals surface area contributed by atoms with Gasteiger partial charge in [0.05, 0.1) is 14.0 Å². The fourth-order valence-corrected chi connectivity index (χ4v) is 2.84. The van der Waals surface area contributed by atoms with Crippen molar-refractivity contribution in [2.45, 2.75) is 32.2 Å². The molecule has 3 nitrogen and oxygen atoms in total. The predicted octanol–water partition coefficient (Wildman–Crippen LogP) is 3.02. The molecule has 0 saturated carbocycles. The third-order valence-corrected chi connectivity index (χ3v) is 4.74. The van der Waals surface area contributed by atoms with Crippen molar-refractivity contribution in [3.63, 3.8) is 0 Å². The molecule has 1 aromatic rings. The van der Waals surface area contributed by atoms with Gasteiger partial charge in [-0.05, 0) is 41.5 Å². The van der Waals surface area contributed by atoms with E-state index < -0.39 is 0 Å². The number of carbonyl (C=O) groups is 1. The van der Waals surface area contributed by atoms with Gasteiger partial charge >= 0.3 is 0 Å². The molecule has 0 bridgehead atoms. The minimum atomic E-state index is -0.259. The molecule has 1 heterocycles. The summed E-state index contributed by atoms with van der Waals surface area (Å²) in [5.41, 5.74) is 6.22. The molecule has 0 saturated heterocycles. The number of amides is 1. The van der Waals surface area contributed by atoms with Crippen LogP contribution in [0.3, 0.4) is 0 Å². The van der Waals surface area contributed by atoms with E-state index in [2.05, 4.69) is 27.9 Å². The molecule has 1 amide bonds. The smallest absolute Gasteiger partial charge is 0.252 e. The Morgan fingerprint density at radius 1 is 1.53 bits per heavy atom. The number of hydrogen-bond donors (Lipinski definition) is 2. The first-order valence-electron chi connectivity index (χ1n) is 5.33. The second-order valence-corrected chi connectivity index (χ2v) is 6.59. The van der Waals surface area contributed by atoms with E-state index >= 15 is 0 Å². The van der Waals surface area contributed by atoms with Crippen LogP contribution in [0.2, 0.25) is 0 Å². The van der Waals surface area contributed by atoms with E-state index in [9.17, 15) is 4.79 Å². The Kier molecular flexibility index (Phi) is 7.62. The molecule has 6 heteroatoms. The summed E-state index contributed by atoms with van der Waals surface area (Å²) in [6, 6.07) is 1.90. The van der Waals surface area contributed by atoms with Gasteiger partial charge in [0.1, 0.15) is 0 Å². The van der Waals surface area contributed by atoms with Gasteiger partial charge in [-0.25, -0.2) is 0 Å². The van der Waals surface area contributed by atoms with Crippen molar-refractivity contribution < 1.29 is 4.79 Å². The van der Waals surface area contributed by atoms with Gasteiger partial charge in [-0.3, -0.25) is 4.79 Å². The Balaban J connectivity index is 0.00000256. The molecule has 0 atom stereocenters. The van der Waals surface area contributed by atoms with Gasteiger partial charge in [-0.2, -0.15) is 0 Å². The number of rotatable bonds is 5. The number of carbonyl (C=O) groups excluding carboxylic acids is 1. The number of nitrogens with one attached hydrogen (secondary N) is 1. The fourth-order valence-electron chi connectivity index (χ4n) is 1.51. The Bertz CT molecular complexity index is 358. The van der Waals surface area contributed by atoms with Crippen LogP contribution in [0.5, 0.6) is 0 Å². The number of nitrogens with two attached hydrogens (primary N) is 1. The van der Waals surface area contributed by atoms with Crippen molar-refractivity contribution in [2.24, 2.45) is 5.73 Å². The van der Waals surface area contributed by atoms with Crippen LogP contribution in [0.25, 0.3) is 0 Å². The van der Waals surface area contributed by atoms with E-state index in [0.29, 0.717) is 6.54 Å². The van der Waals surface area contributed by atoms with Crippen LogP contribution in [0.15, 0.2) is 11.4 Å². The van der Waals surface area contributed by atoms with Gasteiger partial charge in [0.25, 0.3) is 5.91 Å². The average molecular weight is 389 g/mol. The zero-order chi connectivity index (χ0) is 12.2. The molecule has 0 aliphatic carbocycles. The molecule has 0 aliphatic heterocycles. The second kappa shape index (κ2) is 7.56. The molecule has 1 rings (SSSR count). The first-order valence-corrected chi connectivity index (χ1v) is 7.29. The van der Waals surface area contributed by atoms with Gasteiger partial charge in [-0.15, -0.1) is 23.7 Å². The Morgan fingerprint density at radius 3 is 2.47 bits per heavy atom. The summed E-state index contributed by atoms with van der Waals surface area (Å²) in [5, 5.41) is 4.93. The molecule has 17 heavy (non-hydrogen) atoms.